The van der Waals surface area contributed by atoms with Gasteiger partial charge in [-0.2, -0.15) is 0 Å². The lowest BCUT2D eigenvalue weighted by molar-refractivity contribution is -0.156. The number of halogens is 2. The Morgan fingerprint density at radius 2 is 1.42 bits per heavy atom. The third kappa shape index (κ3) is 5.10. The minimum absolute atomic E-state index is 0.148. The van der Waals surface area contributed by atoms with E-state index >= 15 is 0 Å². The fourth-order valence-corrected chi connectivity index (χ4v) is 4.83. The molecule has 0 N–H and O–H groups in total. The SMILES string of the molecule is O=C(C(=O)N1CCN(C(=O)C2CCCN2C(=O)c2cc(Cl)ccc2Cl)CC1)N1CCOCC1. The van der Waals surface area contributed by atoms with E-state index in [1.807, 2.05) is 0 Å². The van der Waals surface area contributed by atoms with Gasteiger partial charge in [0.2, 0.25) is 5.91 Å². The number of piperazine rings is 1. The molecule has 33 heavy (non-hydrogen) atoms. The van der Waals surface area contributed by atoms with Crippen LogP contribution < -0.4 is 0 Å². The Morgan fingerprint density at radius 3 is 2.09 bits per heavy atom. The molecule has 0 radical (unpaired) electrons. The molecule has 4 amide bonds. The van der Waals surface area contributed by atoms with Gasteiger partial charge >= 0.3 is 11.8 Å². The van der Waals surface area contributed by atoms with Gasteiger partial charge in [0.15, 0.2) is 0 Å². The normalized spacial score (nSPS) is 21.3. The second-order valence-corrected chi connectivity index (χ2v) is 9.15. The first-order valence-electron chi connectivity index (χ1n) is 11.1. The van der Waals surface area contributed by atoms with E-state index in [1.54, 1.807) is 21.9 Å². The zero-order valence-electron chi connectivity index (χ0n) is 18.2. The van der Waals surface area contributed by atoms with Crippen LogP contribution >= 0.6 is 23.2 Å². The second kappa shape index (κ2) is 10.3. The van der Waals surface area contributed by atoms with E-state index in [-0.39, 0.29) is 30.5 Å². The number of hydrogen-bond donors (Lipinski definition) is 0. The average Bonchev–Trinajstić information content (AvgIpc) is 3.34. The quantitative estimate of drug-likeness (QED) is 0.572. The number of hydrogen-bond acceptors (Lipinski definition) is 5. The summed E-state index contributed by atoms with van der Waals surface area (Å²) in [5, 5.41) is 0.691. The van der Waals surface area contributed by atoms with E-state index < -0.39 is 17.9 Å². The molecule has 3 fully saturated rings. The molecule has 4 rings (SSSR count). The smallest absolute Gasteiger partial charge is 0.312 e. The van der Waals surface area contributed by atoms with Crippen molar-refractivity contribution in [1.82, 2.24) is 19.6 Å². The van der Waals surface area contributed by atoms with Crippen molar-refractivity contribution >= 4 is 46.8 Å². The summed E-state index contributed by atoms with van der Waals surface area (Å²) in [5.41, 5.74) is 0.279. The largest absolute Gasteiger partial charge is 0.378 e. The van der Waals surface area contributed by atoms with Crippen LogP contribution in [0.3, 0.4) is 0 Å². The van der Waals surface area contributed by atoms with E-state index in [0.29, 0.717) is 68.8 Å². The van der Waals surface area contributed by atoms with Gasteiger partial charge in [-0.1, -0.05) is 23.2 Å². The first kappa shape index (κ1) is 23.8. The molecule has 3 heterocycles. The van der Waals surface area contributed by atoms with E-state index in [9.17, 15) is 19.2 Å². The van der Waals surface area contributed by atoms with Gasteiger partial charge in [-0.3, -0.25) is 19.2 Å². The van der Waals surface area contributed by atoms with Crippen LogP contribution in [0.15, 0.2) is 18.2 Å². The molecule has 1 aromatic carbocycles. The third-order valence-corrected chi connectivity index (χ3v) is 6.88. The maximum atomic E-state index is 13.2. The average molecular weight is 497 g/mol. The number of carbonyl (C=O) groups excluding carboxylic acids is 4. The fraction of sp³-hybridized carbons (Fsp3) is 0.545. The summed E-state index contributed by atoms with van der Waals surface area (Å²) in [6.45, 7) is 3.33. The maximum Gasteiger partial charge on any atom is 0.312 e. The standard InChI is InChI=1S/C22H26Cl2N4O5/c23-15-3-4-17(24)16(14-15)19(29)28-5-1-2-18(28)20(30)25-6-8-26(9-7-25)21(31)22(32)27-10-12-33-13-11-27/h3-4,14,18H,1-2,5-13H2. The third-order valence-electron chi connectivity index (χ3n) is 6.32. The van der Waals surface area contributed by atoms with E-state index in [1.165, 1.54) is 15.9 Å². The van der Waals surface area contributed by atoms with Gasteiger partial charge in [-0.05, 0) is 31.0 Å². The van der Waals surface area contributed by atoms with Crippen LogP contribution in [-0.2, 0) is 19.1 Å². The molecule has 178 valence electrons. The second-order valence-electron chi connectivity index (χ2n) is 8.30. The predicted molar refractivity (Wildman–Crippen MR) is 121 cm³/mol. The first-order chi connectivity index (χ1) is 15.9. The van der Waals surface area contributed by atoms with Crippen molar-refractivity contribution in [3.63, 3.8) is 0 Å². The van der Waals surface area contributed by atoms with Crippen molar-refractivity contribution in [2.75, 3.05) is 59.0 Å². The van der Waals surface area contributed by atoms with E-state index in [4.69, 9.17) is 27.9 Å². The zero-order valence-corrected chi connectivity index (χ0v) is 19.7. The number of morpholine rings is 1. The van der Waals surface area contributed by atoms with Crippen LogP contribution in [-0.4, -0.2) is 108 Å². The highest BCUT2D eigenvalue weighted by atomic mass is 35.5. The molecule has 3 aliphatic heterocycles. The van der Waals surface area contributed by atoms with E-state index in [2.05, 4.69) is 0 Å². The van der Waals surface area contributed by atoms with E-state index in [0.717, 1.165) is 0 Å². The lowest BCUT2D eigenvalue weighted by atomic mass is 10.1. The Hall–Kier alpha value is -2.36. The Kier molecular flexibility index (Phi) is 7.41. The number of nitrogens with zero attached hydrogens (tertiary/aromatic N) is 4. The Balaban J connectivity index is 1.36. The molecule has 0 bridgehead atoms. The zero-order chi connectivity index (χ0) is 23.5. The van der Waals surface area contributed by atoms with Gasteiger partial charge in [0.05, 0.1) is 23.8 Å². The summed E-state index contributed by atoms with van der Waals surface area (Å²) < 4.78 is 5.23. The molecule has 9 nitrogen and oxygen atoms in total. The maximum absolute atomic E-state index is 13.2. The van der Waals surface area contributed by atoms with Gasteiger partial charge in [-0.15, -0.1) is 0 Å². The summed E-state index contributed by atoms with van der Waals surface area (Å²) >= 11 is 12.2. The summed E-state index contributed by atoms with van der Waals surface area (Å²) in [6, 6.07) is 4.11. The molecule has 3 saturated heterocycles. The molecule has 0 spiro atoms. The van der Waals surface area contributed by atoms with Crippen LogP contribution in [0.25, 0.3) is 0 Å². The van der Waals surface area contributed by atoms with Crippen LogP contribution in [0.4, 0.5) is 0 Å². The molecule has 3 aliphatic rings. The highest BCUT2D eigenvalue weighted by molar-refractivity contribution is 6.36. The van der Waals surface area contributed by atoms with Crippen molar-refractivity contribution in [2.24, 2.45) is 0 Å². The van der Waals surface area contributed by atoms with Gasteiger partial charge < -0.3 is 24.3 Å². The van der Waals surface area contributed by atoms with Crippen LogP contribution in [0, 0.1) is 0 Å². The number of amides is 4. The molecule has 11 heteroatoms. The number of carbonyl (C=O) groups is 4. The van der Waals surface area contributed by atoms with Crippen molar-refractivity contribution in [3.8, 4) is 0 Å². The molecule has 1 aromatic rings. The summed E-state index contributed by atoms with van der Waals surface area (Å²) in [5.74, 6) is -1.53. The lowest BCUT2D eigenvalue weighted by Gasteiger charge is -2.38. The summed E-state index contributed by atoms with van der Waals surface area (Å²) in [6.07, 6.45) is 1.28. The van der Waals surface area contributed by atoms with Crippen LogP contribution in [0.2, 0.25) is 10.0 Å². The molecule has 0 aromatic heterocycles. The number of likely N-dealkylation sites (tertiary alicyclic amines) is 1. The molecular formula is C22H26Cl2N4O5. The Morgan fingerprint density at radius 1 is 0.818 bits per heavy atom. The summed E-state index contributed by atoms with van der Waals surface area (Å²) in [4.78, 5) is 57.6. The van der Waals surface area contributed by atoms with Gasteiger partial charge in [0, 0.05) is 50.8 Å². The van der Waals surface area contributed by atoms with Crippen molar-refractivity contribution < 1.29 is 23.9 Å². The highest BCUT2D eigenvalue weighted by Gasteiger charge is 2.39. The van der Waals surface area contributed by atoms with Crippen LogP contribution in [0.1, 0.15) is 23.2 Å². The first-order valence-corrected chi connectivity index (χ1v) is 11.8. The minimum Gasteiger partial charge on any atom is -0.378 e. The van der Waals surface area contributed by atoms with Crippen molar-refractivity contribution in [1.29, 1.82) is 0 Å². The minimum atomic E-state index is -0.579. The Labute approximate surface area is 202 Å². The molecule has 1 atom stereocenters. The molecule has 0 saturated carbocycles. The molecule has 1 unspecified atom stereocenters. The van der Waals surface area contributed by atoms with Gasteiger partial charge in [-0.25, -0.2) is 0 Å². The summed E-state index contributed by atoms with van der Waals surface area (Å²) in [7, 11) is 0. The molecular weight excluding hydrogens is 471 g/mol. The predicted octanol–water partition coefficient (Wildman–Crippen LogP) is 1.13. The highest BCUT2D eigenvalue weighted by Crippen LogP contribution is 2.27. The van der Waals surface area contributed by atoms with Crippen molar-refractivity contribution in [2.45, 2.75) is 18.9 Å². The number of rotatable bonds is 2. The fourth-order valence-electron chi connectivity index (χ4n) is 4.46. The molecule has 0 aliphatic carbocycles. The van der Waals surface area contributed by atoms with Crippen LogP contribution in [0.5, 0.6) is 0 Å². The topological polar surface area (TPSA) is 90.5 Å². The van der Waals surface area contributed by atoms with Crippen molar-refractivity contribution in [3.05, 3.63) is 33.8 Å². The van der Waals surface area contributed by atoms with Gasteiger partial charge in [0.1, 0.15) is 6.04 Å². The lowest BCUT2D eigenvalue weighted by Crippen LogP contribution is -2.57. The Bertz CT molecular complexity index is 945. The van der Waals surface area contributed by atoms with Gasteiger partial charge in [0.25, 0.3) is 5.91 Å². The monoisotopic (exact) mass is 496 g/mol. The number of ether oxygens (including phenoxy) is 1. The number of benzene rings is 1.